The Hall–Kier alpha value is -2.35. The lowest BCUT2D eigenvalue weighted by molar-refractivity contribution is 0.206. The summed E-state index contributed by atoms with van der Waals surface area (Å²) in [4.78, 5) is 2.49. The van der Waals surface area contributed by atoms with Gasteiger partial charge in [-0.3, -0.25) is 4.90 Å². The van der Waals surface area contributed by atoms with E-state index in [0.717, 1.165) is 29.7 Å². The lowest BCUT2D eigenvalue weighted by atomic mass is 9.92. The minimum Gasteiger partial charge on any atom is -0.493 e. The van der Waals surface area contributed by atoms with Crippen molar-refractivity contribution in [1.29, 1.82) is 0 Å². The Morgan fingerprint density at radius 3 is 2.45 bits per heavy atom. The first-order valence-electron chi connectivity index (χ1n) is 9.55. The maximum absolute atomic E-state index is 12.8. The van der Waals surface area contributed by atoms with E-state index in [2.05, 4.69) is 16.2 Å². The molecule has 29 heavy (non-hydrogen) atoms. The number of nitrogens with one attached hydrogen (secondary N) is 1. The van der Waals surface area contributed by atoms with Crippen LogP contribution in [0, 0.1) is 6.92 Å². The highest BCUT2D eigenvalue weighted by atomic mass is 32.2. The van der Waals surface area contributed by atoms with Crippen molar-refractivity contribution >= 4 is 10.0 Å². The van der Waals surface area contributed by atoms with E-state index in [1.807, 2.05) is 25.1 Å². The molecule has 1 aliphatic rings. The van der Waals surface area contributed by atoms with Gasteiger partial charge in [-0.25, -0.2) is 13.1 Å². The molecule has 1 N–H and O–H groups in total. The summed E-state index contributed by atoms with van der Waals surface area (Å²) in [7, 11) is -0.388. The highest BCUT2D eigenvalue weighted by Gasteiger charge is 2.29. The second-order valence-electron chi connectivity index (χ2n) is 7.12. The molecule has 0 bridgehead atoms. The maximum Gasteiger partial charge on any atom is 0.240 e. The smallest absolute Gasteiger partial charge is 0.240 e. The zero-order chi connectivity index (χ0) is 21.0. The minimum atomic E-state index is -3.60. The molecule has 3 rings (SSSR count). The van der Waals surface area contributed by atoms with Crippen LogP contribution in [0.25, 0.3) is 0 Å². The third-order valence-corrected chi connectivity index (χ3v) is 6.71. The monoisotopic (exact) mass is 416 g/mol. The third kappa shape index (κ3) is 4.63. The number of aryl methyl sites for hydroxylation is 1. The molecule has 7 heteroatoms. The summed E-state index contributed by atoms with van der Waals surface area (Å²) < 4.78 is 39.3. The predicted octanol–water partition coefficient (Wildman–Crippen LogP) is 3.08. The Morgan fingerprint density at radius 2 is 1.83 bits per heavy atom. The summed E-state index contributed by atoms with van der Waals surface area (Å²) >= 11 is 0. The quantitative estimate of drug-likeness (QED) is 0.670. The van der Waals surface area contributed by atoms with E-state index in [-0.39, 0.29) is 17.5 Å². The summed E-state index contributed by atoms with van der Waals surface area (Å²) in [5, 5.41) is 0. The first-order chi connectivity index (χ1) is 13.9. The van der Waals surface area contributed by atoms with Gasteiger partial charge >= 0.3 is 0 Å². The van der Waals surface area contributed by atoms with Crippen molar-refractivity contribution in [1.82, 2.24) is 9.62 Å². The van der Waals surface area contributed by atoms with Gasteiger partial charge in [0.05, 0.1) is 19.1 Å². The van der Waals surface area contributed by atoms with Crippen molar-refractivity contribution in [2.24, 2.45) is 0 Å². The fraction of sp³-hybridized carbons (Fsp3) is 0.364. The fourth-order valence-corrected chi connectivity index (χ4v) is 4.73. The molecule has 6 nitrogen and oxygen atoms in total. The second kappa shape index (κ2) is 8.98. The van der Waals surface area contributed by atoms with Crippen molar-refractivity contribution in [3.05, 3.63) is 65.7 Å². The molecule has 2 aromatic carbocycles. The van der Waals surface area contributed by atoms with Gasteiger partial charge in [-0.15, -0.1) is 6.58 Å². The Balaban J connectivity index is 1.91. The van der Waals surface area contributed by atoms with Crippen molar-refractivity contribution in [2.75, 3.05) is 33.9 Å². The third-order valence-electron chi connectivity index (χ3n) is 5.28. The lowest BCUT2D eigenvalue weighted by Gasteiger charge is -2.37. The number of ether oxygens (including phenoxy) is 2. The van der Waals surface area contributed by atoms with Crippen LogP contribution in [0.15, 0.2) is 53.9 Å². The molecule has 1 atom stereocenters. The Labute approximate surface area is 173 Å². The Bertz CT molecular complexity index is 971. The number of fused-ring (bicyclic) bond motifs is 1. The molecule has 2 aromatic rings. The summed E-state index contributed by atoms with van der Waals surface area (Å²) in [5.74, 6) is 1.32. The zero-order valence-corrected chi connectivity index (χ0v) is 18.0. The standard InChI is InChI=1S/C22H28N2O4S/c1-5-11-24-12-10-17-13-21(27-3)22(28-4)14-19(17)20(24)15-23-29(25,26)18-8-6-16(2)7-9-18/h5-9,13-14,20,23H,1,10-12,15H2,2-4H3/t20-/m0/s1. The zero-order valence-electron chi connectivity index (χ0n) is 17.1. The number of nitrogens with zero attached hydrogens (tertiary/aromatic N) is 1. The normalized spacial score (nSPS) is 16.9. The van der Waals surface area contributed by atoms with E-state index in [0.29, 0.717) is 18.0 Å². The van der Waals surface area contributed by atoms with Crippen LogP contribution in [-0.2, 0) is 16.4 Å². The van der Waals surface area contributed by atoms with Gasteiger partial charge in [0.1, 0.15) is 0 Å². The van der Waals surface area contributed by atoms with E-state index < -0.39 is 10.0 Å². The summed E-state index contributed by atoms with van der Waals surface area (Å²) in [6.45, 7) is 7.51. The molecular weight excluding hydrogens is 388 g/mol. The van der Waals surface area contributed by atoms with Crippen molar-refractivity contribution in [2.45, 2.75) is 24.3 Å². The average Bonchev–Trinajstić information content (AvgIpc) is 2.72. The summed E-state index contributed by atoms with van der Waals surface area (Å²) in [6, 6.07) is 10.7. The molecule has 1 heterocycles. The number of methoxy groups -OCH3 is 2. The van der Waals surface area contributed by atoms with Gasteiger partial charge in [0.25, 0.3) is 0 Å². The Kier molecular flexibility index (Phi) is 6.62. The van der Waals surface area contributed by atoms with Crippen molar-refractivity contribution in [3.63, 3.8) is 0 Å². The molecule has 0 unspecified atom stereocenters. The Morgan fingerprint density at radius 1 is 1.17 bits per heavy atom. The molecule has 0 fully saturated rings. The van der Waals surface area contributed by atoms with Crippen LogP contribution in [-0.4, -0.2) is 47.2 Å². The lowest BCUT2D eigenvalue weighted by Crippen LogP contribution is -2.42. The van der Waals surface area contributed by atoms with E-state index in [1.54, 1.807) is 38.5 Å². The first kappa shape index (κ1) is 21.4. The van der Waals surface area contributed by atoms with Gasteiger partial charge in [-0.1, -0.05) is 23.8 Å². The molecule has 0 saturated carbocycles. The molecule has 156 valence electrons. The summed E-state index contributed by atoms with van der Waals surface area (Å²) in [6.07, 6.45) is 2.69. The summed E-state index contributed by atoms with van der Waals surface area (Å²) in [5.41, 5.74) is 3.20. The van der Waals surface area contributed by atoms with Crippen molar-refractivity contribution < 1.29 is 17.9 Å². The average molecular weight is 417 g/mol. The van der Waals surface area contributed by atoms with Gasteiger partial charge in [-0.05, 0) is 48.7 Å². The molecule has 0 aromatic heterocycles. The van der Waals surface area contributed by atoms with Crippen LogP contribution in [0.3, 0.4) is 0 Å². The number of benzene rings is 2. The van der Waals surface area contributed by atoms with Crippen LogP contribution in [0.5, 0.6) is 11.5 Å². The van der Waals surface area contributed by atoms with Crippen LogP contribution < -0.4 is 14.2 Å². The molecule has 0 saturated heterocycles. The first-order valence-corrected chi connectivity index (χ1v) is 11.0. The highest BCUT2D eigenvalue weighted by molar-refractivity contribution is 7.89. The van der Waals surface area contributed by atoms with E-state index in [9.17, 15) is 8.42 Å². The van der Waals surface area contributed by atoms with E-state index >= 15 is 0 Å². The molecule has 0 radical (unpaired) electrons. The molecule has 1 aliphatic heterocycles. The number of hydrogen-bond donors (Lipinski definition) is 1. The largest absolute Gasteiger partial charge is 0.493 e. The predicted molar refractivity (Wildman–Crippen MR) is 114 cm³/mol. The van der Waals surface area contributed by atoms with Gasteiger partial charge in [0, 0.05) is 25.7 Å². The van der Waals surface area contributed by atoms with Crippen LogP contribution in [0.4, 0.5) is 0 Å². The fourth-order valence-electron chi connectivity index (χ4n) is 3.69. The van der Waals surface area contributed by atoms with Gasteiger partial charge in [-0.2, -0.15) is 0 Å². The number of rotatable bonds is 8. The van der Waals surface area contributed by atoms with Crippen LogP contribution in [0.1, 0.15) is 22.7 Å². The SMILES string of the molecule is C=CCN1CCc2cc(OC)c(OC)cc2[C@@H]1CNS(=O)(=O)c1ccc(C)cc1. The highest BCUT2D eigenvalue weighted by Crippen LogP contribution is 2.38. The van der Waals surface area contributed by atoms with E-state index in [1.165, 1.54) is 0 Å². The molecular formula is C22H28N2O4S. The second-order valence-corrected chi connectivity index (χ2v) is 8.89. The van der Waals surface area contributed by atoms with Gasteiger partial charge < -0.3 is 9.47 Å². The maximum atomic E-state index is 12.8. The van der Waals surface area contributed by atoms with E-state index in [4.69, 9.17) is 9.47 Å². The molecule has 0 spiro atoms. The van der Waals surface area contributed by atoms with Gasteiger partial charge in [0.2, 0.25) is 10.0 Å². The topological polar surface area (TPSA) is 67.9 Å². The molecule has 0 aliphatic carbocycles. The van der Waals surface area contributed by atoms with Gasteiger partial charge in [0.15, 0.2) is 11.5 Å². The van der Waals surface area contributed by atoms with Crippen LogP contribution >= 0.6 is 0 Å². The molecule has 0 amide bonds. The van der Waals surface area contributed by atoms with Crippen molar-refractivity contribution in [3.8, 4) is 11.5 Å². The van der Waals surface area contributed by atoms with Crippen LogP contribution in [0.2, 0.25) is 0 Å². The number of sulfonamides is 1. The number of hydrogen-bond acceptors (Lipinski definition) is 5. The minimum absolute atomic E-state index is 0.128.